The number of benzene rings is 1. The van der Waals surface area contributed by atoms with Crippen molar-refractivity contribution in [2.24, 2.45) is 16.6 Å². The fraction of sp³-hybridized carbons (Fsp3) is 0.556. The second-order valence-electron chi connectivity index (χ2n) is 6.59. The maximum atomic E-state index is 11.2. The van der Waals surface area contributed by atoms with Crippen LogP contribution < -0.4 is 16.0 Å². The first-order valence-electron chi connectivity index (χ1n) is 8.49. The molecule has 1 aromatic carbocycles. The molecule has 3 N–H and O–H groups in total. The summed E-state index contributed by atoms with van der Waals surface area (Å²) in [5, 5.41) is 3.44. The van der Waals surface area contributed by atoms with Gasteiger partial charge in [-0.2, -0.15) is 0 Å². The van der Waals surface area contributed by atoms with Gasteiger partial charge in [-0.25, -0.2) is 0 Å². The SMILES string of the molecule is CN=C(NCc1cccc(N(C)C)c1)N1CCCC(CC(N)=O)C1.I. The predicted molar refractivity (Wildman–Crippen MR) is 114 cm³/mol. The minimum Gasteiger partial charge on any atom is -0.378 e. The number of anilines is 1. The van der Waals surface area contributed by atoms with Gasteiger partial charge in [0.25, 0.3) is 0 Å². The number of aliphatic imine (C=N–C) groups is 1. The average molecular weight is 459 g/mol. The molecule has 2 rings (SSSR count). The summed E-state index contributed by atoms with van der Waals surface area (Å²) in [6.45, 7) is 2.53. The Morgan fingerprint density at radius 3 is 2.84 bits per heavy atom. The Morgan fingerprint density at radius 2 is 2.20 bits per heavy atom. The fourth-order valence-corrected chi connectivity index (χ4v) is 3.17. The Morgan fingerprint density at radius 1 is 1.44 bits per heavy atom. The first-order chi connectivity index (χ1) is 11.5. The Kier molecular flexibility index (Phi) is 9.02. The van der Waals surface area contributed by atoms with Gasteiger partial charge in [-0.1, -0.05) is 12.1 Å². The van der Waals surface area contributed by atoms with Crippen LogP contribution in [0.3, 0.4) is 0 Å². The van der Waals surface area contributed by atoms with Crippen molar-refractivity contribution in [3.8, 4) is 0 Å². The van der Waals surface area contributed by atoms with Crippen molar-refractivity contribution in [3.05, 3.63) is 29.8 Å². The Balaban J connectivity index is 0.00000312. The molecular formula is C18H30IN5O. The van der Waals surface area contributed by atoms with Crippen molar-refractivity contribution in [1.29, 1.82) is 0 Å². The van der Waals surface area contributed by atoms with E-state index < -0.39 is 0 Å². The van der Waals surface area contributed by atoms with Gasteiger partial charge >= 0.3 is 0 Å². The Labute approximate surface area is 167 Å². The number of primary amides is 1. The van der Waals surface area contributed by atoms with Gasteiger partial charge in [0, 0.05) is 52.9 Å². The van der Waals surface area contributed by atoms with Crippen LogP contribution in [0, 0.1) is 5.92 Å². The maximum Gasteiger partial charge on any atom is 0.217 e. The number of piperidine rings is 1. The lowest BCUT2D eigenvalue weighted by Gasteiger charge is -2.34. The highest BCUT2D eigenvalue weighted by atomic mass is 127. The zero-order chi connectivity index (χ0) is 17.5. The van der Waals surface area contributed by atoms with E-state index in [9.17, 15) is 4.79 Å². The molecule has 1 fully saturated rings. The first kappa shape index (κ1) is 21.5. The molecule has 1 saturated heterocycles. The van der Waals surface area contributed by atoms with Crippen LogP contribution in [-0.4, -0.2) is 51.0 Å². The molecule has 25 heavy (non-hydrogen) atoms. The topological polar surface area (TPSA) is 74.0 Å². The summed E-state index contributed by atoms with van der Waals surface area (Å²) >= 11 is 0. The molecule has 1 aliphatic heterocycles. The third-order valence-corrected chi connectivity index (χ3v) is 4.40. The van der Waals surface area contributed by atoms with Crippen LogP contribution in [0.2, 0.25) is 0 Å². The van der Waals surface area contributed by atoms with Gasteiger partial charge in [0.15, 0.2) is 5.96 Å². The number of amides is 1. The Hall–Kier alpha value is -1.51. The number of guanidine groups is 1. The minimum absolute atomic E-state index is 0. The van der Waals surface area contributed by atoms with Crippen molar-refractivity contribution in [2.75, 3.05) is 39.1 Å². The van der Waals surface area contributed by atoms with E-state index in [1.807, 2.05) is 14.1 Å². The van der Waals surface area contributed by atoms with Crippen LogP contribution in [0.5, 0.6) is 0 Å². The Bertz CT molecular complexity index is 591. The molecule has 1 atom stereocenters. The van der Waals surface area contributed by atoms with E-state index in [4.69, 9.17) is 5.73 Å². The van der Waals surface area contributed by atoms with Crippen molar-refractivity contribution in [1.82, 2.24) is 10.2 Å². The normalized spacial score (nSPS) is 17.6. The number of rotatable bonds is 5. The molecule has 1 unspecified atom stereocenters. The molecule has 0 bridgehead atoms. The second-order valence-corrected chi connectivity index (χ2v) is 6.59. The maximum absolute atomic E-state index is 11.2. The largest absolute Gasteiger partial charge is 0.378 e. The van der Waals surface area contributed by atoms with E-state index >= 15 is 0 Å². The number of halogens is 1. The number of carbonyl (C=O) groups excluding carboxylic acids is 1. The molecule has 1 heterocycles. The monoisotopic (exact) mass is 459 g/mol. The summed E-state index contributed by atoms with van der Waals surface area (Å²) in [6, 6.07) is 8.45. The van der Waals surface area contributed by atoms with Crippen LogP contribution in [0.4, 0.5) is 5.69 Å². The molecular weight excluding hydrogens is 429 g/mol. The average Bonchev–Trinajstić information content (AvgIpc) is 2.55. The van der Waals surface area contributed by atoms with Crippen LogP contribution in [-0.2, 0) is 11.3 Å². The fourth-order valence-electron chi connectivity index (χ4n) is 3.17. The van der Waals surface area contributed by atoms with Gasteiger partial charge in [-0.15, -0.1) is 24.0 Å². The summed E-state index contributed by atoms with van der Waals surface area (Å²) in [6.07, 6.45) is 2.58. The zero-order valence-corrected chi connectivity index (χ0v) is 17.7. The zero-order valence-electron chi connectivity index (χ0n) is 15.4. The third-order valence-electron chi connectivity index (χ3n) is 4.40. The van der Waals surface area contributed by atoms with Crippen LogP contribution in [0.1, 0.15) is 24.8 Å². The molecule has 6 nitrogen and oxygen atoms in total. The molecule has 1 aliphatic rings. The van der Waals surface area contributed by atoms with Gasteiger partial charge in [0.2, 0.25) is 5.91 Å². The number of likely N-dealkylation sites (tertiary alicyclic amines) is 1. The van der Waals surface area contributed by atoms with E-state index in [0.29, 0.717) is 12.3 Å². The molecule has 140 valence electrons. The summed E-state index contributed by atoms with van der Waals surface area (Å²) in [7, 11) is 5.88. The summed E-state index contributed by atoms with van der Waals surface area (Å²) in [5.41, 5.74) is 7.74. The number of hydrogen-bond acceptors (Lipinski definition) is 3. The van der Waals surface area contributed by atoms with Gasteiger partial charge < -0.3 is 20.9 Å². The quantitative estimate of drug-likeness (QED) is 0.402. The van der Waals surface area contributed by atoms with E-state index in [1.165, 1.54) is 11.3 Å². The molecule has 0 saturated carbocycles. The highest BCUT2D eigenvalue weighted by Crippen LogP contribution is 2.19. The number of nitrogens with zero attached hydrogens (tertiary/aromatic N) is 3. The number of carbonyl (C=O) groups is 1. The van der Waals surface area contributed by atoms with Crippen molar-refractivity contribution >= 4 is 41.5 Å². The second kappa shape index (κ2) is 10.5. The number of nitrogens with two attached hydrogens (primary N) is 1. The van der Waals surface area contributed by atoms with Gasteiger partial charge in [-0.3, -0.25) is 9.79 Å². The van der Waals surface area contributed by atoms with E-state index in [1.54, 1.807) is 7.05 Å². The van der Waals surface area contributed by atoms with E-state index in [2.05, 4.69) is 44.4 Å². The lowest BCUT2D eigenvalue weighted by molar-refractivity contribution is -0.119. The number of hydrogen-bond donors (Lipinski definition) is 2. The minimum atomic E-state index is -0.217. The summed E-state index contributed by atoms with van der Waals surface area (Å²) in [5.74, 6) is 0.997. The number of nitrogens with one attached hydrogen (secondary N) is 1. The molecule has 7 heteroatoms. The first-order valence-corrected chi connectivity index (χ1v) is 8.49. The molecule has 1 aromatic rings. The molecule has 0 aromatic heterocycles. The van der Waals surface area contributed by atoms with Crippen molar-refractivity contribution in [3.63, 3.8) is 0 Å². The van der Waals surface area contributed by atoms with Gasteiger partial charge in [0.05, 0.1) is 0 Å². The van der Waals surface area contributed by atoms with Crippen LogP contribution in [0.15, 0.2) is 29.3 Å². The molecule has 0 spiro atoms. The highest BCUT2D eigenvalue weighted by molar-refractivity contribution is 14.0. The standard InChI is InChI=1S/C18H29N5O.HI/c1-20-18(23-9-5-7-15(13-23)11-17(19)24)21-12-14-6-4-8-16(10-14)22(2)3;/h4,6,8,10,15H,5,7,9,11-13H2,1-3H3,(H2,19,24)(H,20,21);1H. The lowest BCUT2D eigenvalue weighted by Crippen LogP contribution is -2.46. The third kappa shape index (κ3) is 6.72. The molecule has 0 radical (unpaired) electrons. The van der Waals surface area contributed by atoms with Gasteiger partial charge in [0.1, 0.15) is 0 Å². The van der Waals surface area contributed by atoms with E-state index in [0.717, 1.165) is 38.4 Å². The van der Waals surface area contributed by atoms with Crippen molar-refractivity contribution < 1.29 is 4.79 Å². The predicted octanol–water partition coefficient (Wildman–Crippen LogP) is 2.03. The van der Waals surface area contributed by atoms with Gasteiger partial charge in [-0.05, 0) is 36.5 Å². The van der Waals surface area contributed by atoms with E-state index in [-0.39, 0.29) is 29.9 Å². The summed E-state index contributed by atoms with van der Waals surface area (Å²) in [4.78, 5) is 19.9. The lowest BCUT2D eigenvalue weighted by atomic mass is 9.95. The van der Waals surface area contributed by atoms with Crippen molar-refractivity contribution in [2.45, 2.75) is 25.8 Å². The van der Waals surface area contributed by atoms with Crippen LogP contribution in [0.25, 0.3) is 0 Å². The smallest absolute Gasteiger partial charge is 0.217 e. The van der Waals surface area contributed by atoms with Crippen LogP contribution >= 0.6 is 24.0 Å². The summed E-state index contributed by atoms with van der Waals surface area (Å²) < 4.78 is 0. The molecule has 1 amide bonds. The highest BCUT2D eigenvalue weighted by Gasteiger charge is 2.23. The molecule has 0 aliphatic carbocycles.